The molecule has 2 unspecified atom stereocenters. The lowest BCUT2D eigenvalue weighted by molar-refractivity contribution is -0.120. The van der Waals surface area contributed by atoms with Gasteiger partial charge in [0.25, 0.3) is 5.91 Å². The number of carbonyl (C=O) groups is 3. The molecule has 3 amide bonds. The first kappa shape index (κ1) is 31.4. The normalized spacial score (nSPS) is 15.8. The number of urea groups is 1. The summed E-state index contributed by atoms with van der Waals surface area (Å²) in [5.41, 5.74) is 2.48. The highest BCUT2D eigenvalue weighted by atomic mass is 16.5. The van der Waals surface area contributed by atoms with E-state index in [2.05, 4.69) is 51.2 Å². The predicted octanol–water partition coefficient (Wildman–Crippen LogP) is 3.73. The van der Waals surface area contributed by atoms with Crippen molar-refractivity contribution < 1.29 is 19.1 Å². The number of methoxy groups -OCH3 is 1. The molecule has 8 nitrogen and oxygen atoms in total. The smallest absolute Gasteiger partial charge is 0.322 e. The fourth-order valence-corrected chi connectivity index (χ4v) is 3.04. The minimum absolute atomic E-state index is 0.398. The van der Waals surface area contributed by atoms with Crippen LogP contribution in [0.3, 0.4) is 0 Å². The molecule has 1 aromatic rings. The zero-order valence-electron chi connectivity index (χ0n) is 22.2. The minimum Gasteiger partial charge on any atom is -0.497 e. The van der Waals surface area contributed by atoms with Crippen molar-refractivity contribution in [3.63, 3.8) is 0 Å². The maximum Gasteiger partial charge on any atom is 0.322 e. The Bertz CT molecular complexity index is 1220. The van der Waals surface area contributed by atoms with E-state index in [9.17, 15) is 14.4 Å². The molecule has 0 aliphatic carbocycles. The third kappa shape index (κ3) is 10.9. The van der Waals surface area contributed by atoms with Crippen LogP contribution < -0.4 is 20.7 Å². The number of amides is 3. The van der Waals surface area contributed by atoms with E-state index in [0.29, 0.717) is 17.9 Å². The second-order valence-electron chi connectivity index (χ2n) is 7.36. The van der Waals surface area contributed by atoms with Crippen LogP contribution in [0.5, 0.6) is 5.75 Å². The molecule has 2 aliphatic heterocycles. The highest BCUT2D eigenvalue weighted by Crippen LogP contribution is 2.16. The van der Waals surface area contributed by atoms with E-state index >= 15 is 0 Å². The van der Waals surface area contributed by atoms with Gasteiger partial charge in [0.15, 0.2) is 6.29 Å². The Morgan fingerprint density at radius 1 is 1.26 bits per heavy atom. The van der Waals surface area contributed by atoms with E-state index in [1.165, 1.54) is 6.08 Å². The predicted molar refractivity (Wildman–Crippen MR) is 152 cm³/mol. The molecule has 0 radical (unpaired) electrons. The monoisotopic (exact) mass is 514 g/mol. The largest absolute Gasteiger partial charge is 0.497 e. The zero-order valence-corrected chi connectivity index (χ0v) is 22.2. The van der Waals surface area contributed by atoms with Gasteiger partial charge in [-0.2, -0.15) is 0 Å². The van der Waals surface area contributed by atoms with E-state index < -0.39 is 23.9 Å². The van der Waals surface area contributed by atoms with Gasteiger partial charge in [0.1, 0.15) is 11.8 Å². The SMILES string of the molecule is C=CC(C#C/C=C/C#CC1=CN=CCC=C1)C1NC(=O)NC1=O.CC.CNCc1ccc(OC)cc1C=O. The summed E-state index contributed by atoms with van der Waals surface area (Å²) in [5, 5.41) is 7.66. The maximum atomic E-state index is 11.5. The standard InChI is InChI=1S/C18H15N3O2.C10H13NO2.C2H6/c1-2-15(16-17(22)21-18(23)20-16)11-6-4-3-5-9-14-10-7-8-12-19-13-14;1-11-6-8-3-4-10(13-2)5-9(8)7-12;1-2/h2-4,7,10,12-13,15-16H,1,8H2,(H2,20,21,22,23);3-5,7,11H,6H2,1-2H3;1-2H3/b4-3+;;. The van der Waals surface area contributed by atoms with Crippen LogP contribution in [0.15, 0.2) is 71.9 Å². The third-order valence-electron chi connectivity index (χ3n) is 4.84. The fourth-order valence-electron chi connectivity index (χ4n) is 3.04. The second-order valence-corrected chi connectivity index (χ2v) is 7.36. The molecule has 2 aliphatic rings. The van der Waals surface area contributed by atoms with Gasteiger partial charge in [-0.25, -0.2) is 4.79 Å². The Hall–Kier alpha value is -4.66. The summed E-state index contributed by atoms with van der Waals surface area (Å²) in [6.45, 7) is 8.33. The highest BCUT2D eigenvalue weighted by molar-refractivity contribution is 6.04. The van der Waals surface area contributed by atoms with Gasteiger partial charge in [-0.05, 0) is 43.0 Å². The first-order valence-electron chi connectivity index (χ1n) is 12.1. The van der Waals surface area contributed by atoms with Gasteiger partial charge in [-0.1, -0.05) is 55.7 Å². The number of rotatable bonds is 6. The van der Waals surface area contributed by atoms with E-state index in [0.717, 1.165) is 23.8 Å². The highest BCUT2D eigenvalue weighted by Gasteiger charge is 2.33. The number of aldehydes is 1. The number of aliphatic imine (C=N–C) groups is 1. The van der Waals surface area contributed by atoms with Crippen molar-refractivity contribution >= 4 is 24.4 Å². The van der Waals surface area contributed by atoms with Gasteiger partial charge in [0.05, 0.1) is 13.0 Å². The topological polar surface area (TPSA) is 109 Å². The zero-order chi connectivity index (χ0) is 28.2. The van der Waals surface area contributed by atoms with Crippen molar-refractivity contribution in [3.05, 3.63) is 78.1 Å². The first-order chi connectivity index (χ1) is 18.5. The maximum absolute atomic E-state index is 11.5. The summed E-state index contributed by atoms with van der Waals surface area (Å²) in [4.78, 5) is 37.4. The molecule has 2 heterocycles. The molecule has 8 heteroatoms. The van der Waals surface area contributed by atoms with E-state index in [4.69, 9.17) is 4.74 Å². The number of hydrogen-bond donors (Lipinski definition) is 3. The number of carbonyl (C=O) groups excluding carboxylic acids is 3. The van der Waals surface area contributed by atoms with Gasteiger partial charge < -0.3 is 15.4 Å². The summed E-state index contributed by atoms with van der Waals surface area (Å²) in [6, 6.07) is 4.26. The van der Waals surface area contributed by atoms with Crippen LogP contribution >= 0.6 is 0 Å². The lowest BCUT2D eigenvalue weighted by Crippen LogP contribution is -2.35. The molecule has 3 N–H and O–H groups in total. The first-order valence-corrected chi connectivity index (χ1v) is 12.1. The molecular weight excluding hydrogens is 480 g/mol. The van der Waals surface area contributed by atoms with Crippen molar-refractivity contribution in [2.75, 3.05) is 14.2 Å². The molecule has 3 rings (SSSR count). The molecular formula is C30H34N4O4. The number of imide groups is 1. The fraction of sp³-hybridized carbons (Fsp3) is 0.267. The van der Waals surface area contributed by atoms with Crippen LogP contribution in [0.2, 0.25) is 0 Å². The summed E-state index contributed by atoms with van der Waals surface area (Å²) in [6.07, 6.45) is 13.8. The molecule has 0 spiro atoms. The van der Waals surface area contributed by atoms with Crippen LogP contribution in [0.4, 0.5) is 4.79 Å². The number of nitrogens with one attached hydrogen (secondary N) is 3. The van der Waals surface area contributed by atoms with Crippen molar-refractivity contribution in [1.29, 1.82) is 0 Å². The van der Waals surface area contributed by atoms with Crippen LogP contribution in [0, 0.1) is 29.6 Å². The van der Waals surface area contributed by atoms with Gasteiger partial charge in [-0.15, -0.1) is 6.58 Å². The summed E-state index contributed by atoms with van der Waals surface area (Å²) < 4.78 is 5.01. The molecule has 1 aromatic carbocycles. The Morgan fingerprint density at radius 3 is 2.66 bits per heavy atom. The summed E-state index contributed by atoms with van der Waals surface area (Å²) >= 11 is 0. The van der Waals surface area contributed by atoms with Crippen LogP contribution in [0.1, 0.15) is 36.2 Å². The molecule has 2 atom stereocenters. The molecule has 38 heavy (non-hydrogen) atoms. The number of nitrogens with zero attached hydrogens (tertiary/aromatic N) is 1. The van der Waals surface area contributed by atoms with Gasteiger partial charge >= 0.3 is 6.03 Å². The third-order valence-corrected chi connectivity index (χ3v) is 4.84. The number of allylic oxidation sites excluding steroid dienone is 5. The van der Waals surface area contributed by atoms with Crippen LogP contribution in [0.25, 0.3) is 0 Å². The Balaban J connectivity index is 0.000000408. The quantitative estimate of drug-likeness (QED) is 0.232. The molecule has 0 bridgehead atoms. The van der Waals surface area contributed by atoms with Crippen LogP contribution in [-0.4, -0.2) is 44.6 Å². The molecule has 1 fully saturated rings. The average Bonchev–Trinajstić information content (AvgIpc) is 3.11. The minimum atomic E-state index is -0.703. The number of hydrogen-bond acceptors (Lipinski definition) is 6. The molecule has 198 valence electrons. The lowest BCUT2D eigenvalue weighted by atomic mass is 10.0. The van der Waals surface area contributed by atoms with Crippen LogP contribution in [-0.2, 0) is 11.3 Å². The molecule has 0 saturated carbocycles. The van der Waals surface area contributed by atoms with Crippen molar-refractivity contribution in [3.8, 4) is 29.4 Å². The average molecular weight is 515 g/mol. The van der Waals surface area contributed by atoms with Crippen molar-refractivity contribution in [2.45, 2.75) is 32.9 Å². The van der Waals surface area contributed by atoms with Gasteiger partial charge in [0.2, 0.25) is 0 Å². The summed E-state index contributed by atoms with van der Waals surface area (Å²) in [5.74, 6) is 11.3. The number of benzene rings is 1. The Labute approximate surface area is 225 Å². The van der Waals surface area contributed by atoms with E-state index in [-0.39, 0.29) is 0 Å². The van der Waals surface area contributed by atoms with Crippen molar-refractivity contribution in [1.82, 2.24) is 16.0 Å². The Morgan fingerprint density at radius 2 is 2.03 bits per heavy atom. The van der Waals surface area contributed by atoms with E-state index in [1.807, 2.05) is 45.2 Å². The van der Waals surface area contributed by atoms with Gasteiger partial charge in [0, 0.05) is 36.5 Å². The molecule has 0 aromatic heterocycles. The second kappa shape index (κ2) is 18.6. The van der Waals surface area contributed by atoms with Gasteiger partial charge in [-0.3, -0.25) is 19.9 Å². The summed E-state index contributed by atoms with van der Waals surface area (Å²) in [7, 11) is 3.43. The number of ether oxygens (including phenoxy) is 1. The Kier molecular flexibility index (Phi) is 15.3. The lowest BCUT2D eigenvalue weighted by Gasteiger charge is -2.10. The van der Waals surface area contributed by atoms with E-state index in [1.54, 1.807) is 37.7 Å². The molecule has 1 saturated heterocycles. The van der Waals surface area contributed by atoms with Crippen molar-refractivity contribution in [2.24, 2.45) is 10.9 Å².